The fourth-order valence-electron chi connectivity index (χ4n) is 2.30. The van der Waals surface area contributed by atoms with Gasteiger partial charge >= 0.3 is 6.09 Å². The summed E-state index contributed by atoms with van der Waals surface area (Å²) in [5.41, 5.74) is 2.35. The Bertz CT molecular complexity index is 697. The minimum absolute atomic E-state index is 0.214. The lowest BCUT2D eigenvalue weighted by atomic mass is 10.1. The highest BCUT2D eigenvalue weighted by Crippen LogP contribution is 2.15. The zero-order chi connectivity index (χ0) is 14.7. The smallest absolute Gasteiger partial charge is 0.410 e. The average Bonchev–Trinajstić information content (AvgIpc) is 2.53. The molecule has 6 nitrogen and oxygen atoms in total. The van der Waals surface area contributed by atoms with Crippen LogP contribution < -0.4 is 5.56 Å². The maximum absolute atomic E-state index is 12.1. The zero-order valence-electron chi connectivity index (χ0n) is 11.4. The first-order valence-corrected chi connectivity index (χ1v) is 6.75. The number of carbonyl (C=O) groups is 1. The molecule has 1 N–H and O–H groups in total. The van der Waals surface area contributed by atoms with Gasteiger partial charge in [-0.1, -0.05) is 30.3 Å². The Morgan fingerprint density at radius 3 is 2.95 bits per heavy atom. The fourth-order valence-corrected chi connectivity index (χ4v) is 2.30. The number of hydrogen-bond donors (Lipinski definition) is 1. The van der Waals surface area contributed by atoms with Crippen LogP contribution >= 0.6 is 0 Å². The normalized spacial score (nSPS) is 13.6. The topological polar surface area (TPSA) is 75.3 Å². The van der Waals surface area contributed by atoms with Crippen molar-refractivity contribution in [3.63, 3.8) is 0 Å². The van der Waals surface area contributed by atoms with Crippen LogP contribution in [-0.2, 0) is 24.3 Å². The standard InChI is InChI=1S/C15H15N3O3/c19-14-8-12-6-7-18(9-13(12)16-17-14)15(20)21-10-11-4-2-1-3-5-11/h1-5,8H,6-7,9-10H2,(H,17,19). The van der Waals surface area contributed by atoms with E-state index in [-0.39, 0.29) is 18.3 Å². The van der Waals surface area contributed by atoms with E-state index in [1.165, 1.54) is 6.07 Å². The molecule has 1 aromatic carbocycles. The molecular weight excluding hydrogens is 270 g/mol. The summed E-state index contributed by atoms with van der Waals surface area (Å²) in [5.74, 6) is 0. The number of nitrogens with zero attached hydrogens (tertiary/aromatic N) is 2. The minimum Gasteiger partial charge on any atom is -0.445 e. The van der Waals surface area contributed by atoms with Gasteiger partial charge in [0.25, 0.3) is 5.56 Å². The third-order valence-electron chi connectivity index (χ3n) is 3.43. The summed E-state index contributed by atoms with van der Waals surface area (Å²) in [5, 5.41) is 6.38. The number of rotatable bonds is 2. The highest BCUT2D eigenvalue weighted by atomic mass is 16.6. The zero-order valence-corrected chi connectivity index (χ0v) is 11.4. The summed E-state index contributed by atoms with van der Waals surface area (Å²) < 4.78 is 5.29. The molecule has 0 aliphatic carbocycles. The van der Waals surface area contributed by atoms with E-state index in [4.69, 9.17) is 4.74 Å². The average molecular weight is 285 g/mol. The summed E-state index contributed by atoms with van der Waals surface area (Å²) in [4.78, 5) is 24.8. The number of benzene rings is 1. The number of nitrogens with one attached hydrogen (secondary N) is 1. The molecular formula is C15H15N3O3. The second-order valence-electron chi connectivity index (χ2n) is 4.92. The van der Waals surface area contributed by atoms with E-state index >= 15 is 0 Å². The minimum atomic E-state index is -0.363. The van der Waals surface area contributed by atoms with Crippen LogP contribution in [0.1, 0.15) is 16.8 Å². The first-order valence-electron chi connectivity index (χ1n) is 6.75. The number of hydrogen-bond acceptors (Lipinski definition) is 4. The van der Waals surface area contributed by atoms with Crippen molar-refractivity contribution in [3.05, 3.63) is 63.6 Å². The third-order valence-corrected chi connectivity index (χ3v) is 3.43. The van der Waals surface area contributed by atoms with Crippen molar-refractivity contribution in [1.29, 1.82) is 0 Å². The highest BCUT2D eigenvalue weighted by Gasteiger charge is 2.23. The highest BCUT2D eigenvalue weighted by molar-refractivity contribution is 5.68. The van der Waals surface area contributed by atoms with Crippen LogP contribution in [0.15, 0.2) is 41.2 Å². The fraction of sp³-hybridized carbons (Fsp3) is 0.267. The van der Waals surface area contributed by atoms with Crippen molar-refractivity contribution < 1.29 is 9.53 Å². The van der Waals surface area contributed by atoms with Crippen LogP contribution in [0.5, 0.6) is 0 Å². The van der Waals surface area contributed by atoms with E-state index in [9.17, 15) is 9.59 Å². The molecule has 1 aliphatic heterocycles. The molecule has 1 aromatic heterocycles. The summed E-state index contributed by atoms with van der Waals surface area (Å²) in [7, 11) is 0. The van der Waals surface area contributed by atoms with Crippen LogP contribution in [0, 0.1) is 0 Å². The molecule has 21 heavy (non-hydrogen) atoms. The molecule has 2 heterocycles. The lowest BCUT2D eigenvalue weighted by Crippen LogP contribution is -2.37. The maximum atomic E-state index is 12.1. The van der Waals surface area contributed by atoms with Crippen LogP contribution in [-0.4, -0.2) is 27.7 Å². The van der Waals surface area contributed by atoms with Gasteiger partial charge in [-0.3, -0.25) is 4.79 Å². The van der Waals surface area contributed by atoms with Gasteiger partial charge in [-0.25, -0.2) is 9.89 Å². The monoisotopic (exact) mass is 285 g/mol. The van der Waals surface area contributed by atoms with Crippen molar-refractivity contribution in [2.45, 2.75) is 19.6 Å². The first kappa shape index (κ1) is 13.4. The maximum Gasteiger partial charge on any atom is 0.410 e. The number of ether oxygens (including phenoxy) is 1. The van der Waals surface area contributed by atoms with Crippen molar-refractivity contribution >= 4 is 6.09 Å². The third kappa shape index (κ3) is 3.10. The number of fused-ring (bicyclic) bond motifs is 1. The molecule has 2 aromatic rings. The van der Waals surface area contributed by atoms with Gasteiger partial charge in [0, 0.05) is 12.6 Å². The molecule has 0 saturated carbocycles. The number of aromatic amines is 1. The molecule has 0 spiro atoms. The second kappa shape index (κ2) is 5.78. The number of amides is 1. The lowest BCUT2D eigenvalue weighted by Gasteiger charge is -2.26. The predicted molar refractivity (Wildman–Crippen MR) is 75.6 cm³/mol. The summed E-state index contributed by atoms with van der Waals surface area (Å²) in [6.07, 6.45) is 0.254. The predicted octanol–water partition coefficient (Wildman–Crippen LogP) is 1.46. The van der Waals surface area contributed by atoms with Crippen LogP contribution in [0.25, 0.3) is 0 Å². The van der Waals surface area contributed by atoms with E-state index in [0.717, 1.165) is 16.8 Å². The number of carbonyl (C=O) groups excluding carboxylic acids is 1. The van der Waals surface area contributed by atoms with E-state index in [0.29, 0.717) is 19.5 Å². The van der Waals surface area contributed by atoms with E-state index < -0.39 is 0 Å². The van der Waals surface area contributed by atoms with Gasteiger partial charge in [-0.2, -0.15) is 5.10 Å². The molecule has 108 valence electrons. The summed E-state index contributed by atoms with van der Waals surface area (Å²) in [6.45, 7) is 1.15. The van der Waals surface area contributed by atoms with Crippen molar-refractivity contribution in [3.8, 4) is 0 Å². The Morgan fingerprint density at radius 2 is 2.14 bits per heavy atom. The van der Waals surface area contributed by atoms with Gasteiger partial charge in [-0.05, 0) is 17.5 Å². The van der Waals surface area contributed by atoms with Gasteiger partial charge < -0.3 is 9.64 Å². The lowest BCUT2D eigenvalue weighted by molar-refractivity contribution is 0.0911. The van der Waals surface area contributed by atoms with Gasteiger partial charge in [0.15, 0.2) is 0 Å². The van der Waals surface area contributed by atoms with E-state index in [1.54, 1.807) is 4.90 Å². The van der Waals surface area contributed by atoms with E-state index in [2.05, 4.69) is 10.2 Å². The Balaban J connectivity index is 1.62. The summed E-state index contributed by atoms with van der Waals surface area (Å²) in [6, 6.07) is 11.1. The molecule has 0 radical (unpaired) electrons. The largest absolute Gasteiger partial charge is 0.445 e. The van der Waals surface area contributed by atoms with Crippen molar-refractivity contribution in [2.75, 3.05) is 6.54 Å². The molecule has 0 saturated heterocycles. The molecule has 3 rings (SSSR count). The van der Waals surface area contributed by atoms with Crippen LogP contribution in [0.3, 0.4) is 0 Å². The van der Waals surface area contributed by atoms with Crippen LogP contribution in [0.2, 0.25) is 0 Å². The summed E-state index contributed by atoms with van der Waals surface area (Å²) >= 11 is 0. The van der Waals surface area contributed by atoms with E-state index in [1.807, 2.05) is 30.3 Å². The molecule has 0 atom stereocenters. The molecule has 0 bridgehead atoms. The molecule has 6 heteroatoms. The molecule has 1 amide bonds. The van der Waals surface area contributed by atoms with Gasteiger partial charge in [0.1, 0.15) is 6.61 Å². The van der Waals surface area contributed by atoms with Gasteiger partial charge in [0.2, 0.25) is 0 Å². The Labute approximate surface area is 121 Å². The van der Waals surface area contributed by atoms with Crippen LogP contribution in [0.4, 0.5) is 4.79 Å². The Kier molecular flexibility index (Phi) is 3.68. The van der Waals surface area contributed by atoms with Gasteiger partial charge in [0.05, 0.1) is 12.2 Å². The number of H-pyrrole nitrogens is 1. The second-order valence-corrected chi connectivity index (χ2v) is 4.92. The SMILES string of the molecule is O=C(OCc1ccccc1)N1CCc2cc(=O)[nH]nc2C1. The quantitative estimate of drug-likeness (QED) is 0.906. The Hall–Kier alpha value is -2.63. The Morgan fingerprint density at radius 1 is 1.33 bits per heavy atom. The molecule has 0 fully saturated rings. The van der Waals surface area contributed by atoms with Crippen molar-refractivity contribution in [2.24, 2.45) is 0 Å². The molecule has 1 aliphatic rings. The van der Waals surface area contributed by atoms with Gasteiger partial charge in [-0.15, -0.1) is 0 Å². The molecule has 0 unspecified atom stereocenters. The van der Waals surface area contributed by atoms with Crippen molar-refractivity contribution in [1.82, 2.24) is 15.1 Å². The number of aromatic nitrogens is 2. The first-order chi connectivity index (χ1) is 10.2.